The number of aromatic nitrogens is 2. The van der Waals surface area contributed by atoms with Gasteiger partial charge in [0.05, 0.1) is 0 Å². The molecule has 3 heteroatoms. The Bertz CT molecular complexity index is 357. The second kappa shape index (κ2) is 5.28. The number of carbonyl (C=O) groups excluding carboxylic acids is 1. The monoisotopic (exact) mass is 220 g/mol. The van der Waals surface area contributed by atoms with Crippen molar-refractivity contribution in [2.45, 2.75) is 44.9 Å². The first-order chi connectivity index (χ1) is 7.77. The minimum atomic E-state index is 0.303. The third-order valence-corrected chi connectivity index (χ3v) is 3.60. The maximum Gasteiger partial charge on any atom is 0.135 e. The van der Waals surface area contributed by atoms with Gasteiger partial charge < -0.3 is 0 Å². The summed E-state index contributed by atoms with van der Waals surface area (Å²) in [7, 11) is 1.96. The quantitative estimate of drug-likeness (QED) is 0.734. The lowest BCUT2D eigenvalue weighted by molar-refractivity contribution is -0.122. The van der Waals surface area contributed by atoms with Crippen molar-refractivity contribution in [3.8, 4) is 0 Å². The summed E-state index contributed by atoms with van der Waals surface area (Å²) in [4.78, 5) is 11.8. The molecule has 0 aromatic carbocycles. The van der Waals surface area contributed by atoms with E-state index in [-0.39, 0.29) is 0 Å². The molecule has 1 heterocycles. The lowest BCUT2D eigenvalue weighted by Crippen LogP contribution is -2.14. The molecule has 3 nitrogen and oxygen atoms in total. The lowest BCUT2D eigenvalue weighted by atomic mass is 9.93. The van der Waals surface area contributed by atoms with Gasteiger partial charge in [0, 0.05) is 31.3 Å². The van der Waals surface area contributed by atoms with Crippen LogP contribution in [0, 0.1) is 5.92 Å². The SMILES string of the molecule is Cn1nccc1CCC1CCCCCC1=O. The maximum atomic E-state index is 11.8. The Kier molecular flexibility index (Phi) is 3.75. The minimum absolute atomic E-state index is 0.303. The molecule has 1 aromatic rings. The first-order valence-electron chi connectivity index (χ1n) is 6.27. The molecule has 0 bridgehead atoms. The first-order valence-corrected chi connectivity index (χ1v) is 6.27. The summed E-state index contributed by atoms with van der Waals surface area (Å²) in [5, 5.41) is 4.15. The zero-order valence-electron chi connectivity index (χ0n) is 9.98. The Hall–Kier alpha value is -1.12. The van der Waals surface area contributed by atoms with Crippen molar-refractivity contribution >= 4 is 5.78 Å². The van der Waals surface area contributed by atoms with Crippen molar-refractivity contribution in [3.63, 3.8) is 0 Å². The Morgan fingerprint density at radius 3 is 3.06 bits per heavy atom. The highest BCUT2D eigenvalue weighted by atomic mass is 16.1. The van der Waals surface area contributed by atoms with E-state index in [1.54, 1.807) is 0 Å². The van der Waals surface area contributed by atoms with Crippen LogP contribution >= 0.6 is 0 Å². The van der Waals surface area contributed by atoms with E-state index in [1.165, 1.54) is 18.5 Å². The summed E-state index contributed by atoms with van der Waals surface area (Å²) in [6.45, 7) is 0. The number of ketones is 1. The molecule has 16 heavy (non-hydrogen) atoms. The molecule has 0 aliphatic heterocycles. The molecule has 1 fully saturated rings. The van der Waals surface area contributed by atoms with Crippen LogP contribution < -0.4 is 0 Å². The molecule has 1 atom stereocenters. The molecule has 88 valence electrons. The Morgan fingerprint density at radius 2 is 2.31 bits per heavy atom. The van der Waals surface area contributed by atoms with E-state index >= 15 is 0 Å². The van der Waals surface area contributed by atoms with Crippen molar-refractivity contribution in [2.24, 2.45) is 13.0 Å². The molecule has 0 saturated heterocycles. The number of hydrogen-bond acceptors (Lipinski definition) is 2. The highest BCUT2D eigenvalue weighted by molar-refractivity contribution is 5.81. The van der Waals surface area contributed by atoms with Gasteiger partial charge in [0.25, 0.3) is 0 Å². The molecule has 1 aliphatic rings. The van der Waals surface area contributed by atoms with Crippen LogP contribution in [0.1, 0.15) is 44.2 Å². The van der Waals surface area contributed by atoms with E-state index in [9.17, 15) is 4.79 Å². The smallest absolute Gasteiger partial charge is 0.135 e. The molecule has 1 saturated carbocycles. The zero-order valence-corrected chi connectivity index (χ0v) is 9.98. The third-order valence-electron chi connectivity index (χ3n) is 3.60. The summed E-state index contributed by atoms with van der Waals surface area (Å²) in [5.41, 5.74) is 1.23. The van der Waals surface area contributed by atoms with Crippen LogP contribution in [-0.2, 0) is 18.3 Å². The Morgan fingerprint density at radius 1 is 1.44 bits per heavy atom. The van der Waals surface area contributed by atoms with Gasteiger partial charge in [0.1, 0.15) is 5.78 Å². The lowest BCUT2D eigenvalue weighted by Gasteiger charge is -2.12. The van der Waals surface area contributed by atoms with E-state index in [1.807, 2.05) is 24.0 Å². The Labute approximate surface area is 96.8 Å². The molecule has 0 spiro atoms. The number of rotatable bonds is 3. The molecular weight excluding hydrogens is 200 g/mol. The summed E-state index contributed by atoms with van der Waals surface area (Å²) in [6, 6.07) is 2.04. The van der Waals surface area contributed by atoms with Gasteiger partial charge in [-0.3, -0.25) is 9.48 Å². The van der Waals surface area contributed by atoms with Crippen molar-refractivity contribution in [1.29, 1.82) is 0 Å². The Balaban J connectivity index is 1.89. The van der Waals surface area contributed by atoms with Gasteiger partial charge in [-0.05, 0) is 31.7 Å². The van der Waals surface area contributed by atoms with Crippen LogP contribution in [-0.4, -0.2) is 15.6 Å². The van der Waals surface area contributed by atoms with E-state index in [2.05, 4.69) is 5.10 Å². The molecular formula is C13H20N2O. The fraction of sp³-hybridized carbons (Fsp3) is 0.692. The third kappa shape index (κ3) is 2.71. The first kappa shape index (κ1) is 11.4. The average Bonchev–Trinajstić information content (AvgIpc) is 2.56. The van der Waals surface area contributed by atoms with E-state index in [0.29, 0.717) is 11.7 Å². The van der Waals surface area contributed by atoms with Crippen molar-refractivity contribution < 1.29 is 4.79 Å². The van der Waals surface area contributed by atoms with Gasteiger partial charge in [-0.25, -0.2) is 0 Å². The maximum absolute atomic E-state index is 11.8. The van der Waals surface area contributed by atoms with Gasteiger partial charge in [-0.2, -0.15) is 5.10 Å². The predicted octanol–water partition coefficient (Wildman–Crippen LogP) is 2.50. The number of nitrogens with zero attached hydrogens (tertiary/aromatic N) is 2. The van der Waals surface area contributed by atoms with Crippen LogP contribution in [0.4, 0.5) is 0 Å². The van der Waals surface area contributed by atoms with Gasteiger partial charge in [-0.1, -0.05) is 12.8 Å². The molecule has 0 radical (unpaired) electrons. The fourth-order valence-electron chi connectivity index (χ4n) is 2.51. The summed E-state index contributed by atoms with van der Waals surface area (Å²) < 4.78 is 1.90. The van der Waals surface area contributed by atoms with Crippen LogP contribution in [0.3, 0.4) is 0 Å². The molecule has 0 amide bonds. The van der Waals surface area contributed by atoms with E-state index < -0.39 is 0 Å². The normalized spacial score (nSPS) is 22.1. The van der Waals surface area contributed by atoms with Crippen LogP contribution in [0.2, 0.25) is 0 Å². The van der Waals surface area contributed by atoms with Gasteiger partial charge >= 0.3 is 0 Å². The number of carbonyl (C=O) groups is 1. The molecule has 0 N–H and O–H groups in total. The van der Waals surface area contributed by atoms with Crippen molar-refractivity contribution in [2.75, 3.05) is 0 Å². The fourth-order valence-corrected chi connectivity index (χ4v) is 2.51. The van der Waals surface area contributed by atoms with Crippen LogP contribution in [0.5, 0.6) is 0 Å². The molecule has 1 unspecified atom stereocenters. The van der Waals surface area contributed by atoms with Crippen LogP contribution in [0.25, 0.3) is 0 Å². The zero-order chi connectivity index (χ0) is 11.4. The molecule has 1 aliphatic carbocycles. The largest absolute Gasteiger partial charge is 0.299 e. The average molecular weight is 220 g/mol. The van der Waals surface area contributed by atoms with Crippen molar-refractivity contribution in [3.05, 3.63) is 18.0 Å². The summed E-state index contributed by atoms with van der Waals surface area (Å²) in [6.07, 6.45) is 9.25. The minimum Gasteiger partial charge on any atom is -0.299 e. The second-order valence-electron chi connectivity index (χ2n) is 4.75. The second-order valence-corrected chi connectivity index (χ2v) is 4.75. The molecule has 2 rings (SSSR count). The summed E-state index contributed by atoms with van der Waals surface area (Å²) in [5.74, 6) is 0.789. The number of hydrogen-bond donors (Lipinski definition) is 0. The summed E-state index contributed by atoms with van der Waals surface area (Å²) >= 11 is 0. The highest BCUT2D eigenvalue weighted by Gasteiger charge is 2.20. The number of Topliss-reactive ketones (excluding diaryl/α,β-unsaturated/α-hetero) is 1. The topological polar surface area (TPSA) is 34.9 Å². The standard InChI is InChI=1S/C13H20N2O/c1-15-12(9-10-14-15)8-7-11-5-3-2-4-6-13(11)16/h9-11H,2-8H2,1H3. The van der Waals surface area contributed by atoms with Crippen LogP contribution in [0.15, 0.2) is 12.3 Å². The van der Waals surface area contributed by atoms with Gasteiger partial charge in [0.15, 0.2) is 0 Å². The van der Waals surface area contributed by atoms with Gasteiger partial charge in [-0.15, -0.1) is 0 Å². The van der Waals surface area contributed by atoms with Gasteiger partial charge in [0.2, 0.25) is 0 Å². The van der Waals surface area contributed by atoms with E-state index in [4.69, 9.17) is 0 Å². The predicted molar refractivity (Wildman–Crippen MR) is 63.1 cm³/mol. The number of aryl methyl sites for hydroxylation is 2. The highest BCUT2D eigenvalue weighted by Crippen LogP contribution is 2.23. The van der Waals surface area contributed by atoms with E-state index in [0.717, 1.165) is 32.1 Å². The molecule has 1 aromatic heterocycles. The van der Waals surface area contributed by atoms with Crippen molar-refractivity contribution in [1.82, 2.24) is 9.78 Å².